The van der Waals surface area contributed by atoms with E-state index in [9.17, 15) is 44.7 Å². The van der Waals surface area contributed by atoms with Crippen molar-refractivity contribution in [2.24, 2.45) is 0 Å². The highest BCUT2D eigenvalue weighted by atomic mass is 32.2. The summed E-state index contributed by atoms with van der Waals surface area (Å²) in [6.45, 7) is 1.93. The minimum Gasteiger partial charge on any atom is -0.506 e. The van der Waals surface area contributed by atoms with E-state index in [1.165, 1.54) is 35.3 Å². The van der Waals surface area contributed by atoms with Crippen LogP contribution in [0.4, 0.5) is 32.2 Å². The summed E-state index contributed by atoms with van der Waals surface area (Å²) in [5, 5.41) is 17.3. The number of halogens is 6. The maximum atomic E-state index is 13.6. The van der Waals surface area contributed by atoms with E-state index in [0.717, 1.165) is 12.1 Å². The molecule has 226 valence electrons. The van der Waals surface area contributed by atoms with Crippen LogP contribution < -0.4 is 9.62 Å². The summed E-state index contributed by atoms with van der Waals surface area (Å²) in [5.41, 5.74) is -0.229. The van der Waals surface area contributed by atoms with E-state index in [1.54, 1.807) is 11.0 Å². The number of amides is 1. The van der Waals surface area contributed by atoms with Crippen LogP contribution in [0.3, 0.4) is 0 Å². The van der Waals surface area contributed by atoms with Gasteiger partial charge in [0, 0.05) is 44.5 Å². The molecule has 3 heterocycles. The Morgan fingerprint density at radius 3 is 2.24 bits per heavy atom. The zero-order chi connectivity index (χ0) is 30.7. The number of alkyl halides is 6. The average molecular weight is 619 g/mol. The molecule has 1 amide bonds. The maximum Gasteiger partial charge on any atom is 0.416 e. The zero-order valence-corrected chi connectivity index (χ0v) is 22.5. The van der Waals surface area contributed by atoms with Gasteiger partial charge in [0.1, 0.15) is 5.75 Å². The first kappa shape index (κ1) is 31.0. The van der Waals surface area contributed by atoms with Crippen molar-refractivity contribution in [3.05, 3.63) is 65.6 Å². The van der Waals surface area contributed by atoms with Crippen molar-refractivity contribution in [3.63, 3.8) is 0 Å². The fourth-order valence-corrected chi connectivity index (χ4v) is 5.19. The lowest BCUT2D eigenvalue weighted by Crippen LogP contribution is -2.46. The zero-order valence-electron chi connectivity index (χ0n) is 21.7. The Hall–Kier alpha value is -3.99. The van der Waals surface area contributed by atoms with Crippen molar-refractivity contribution in [2.75, 3.05) is 36.8 Å². The number of rotatable bonds is 8. The van der Waals surface area contributed by atoms with Crippen LogP contribution in [-0.2, 0) is 22.7 Å². The van der Waals surface area contributed by atoms with E-state index >= 15 is 0 Å². The first-order chi connectivity index (χ1) is 19.6. The number of pyridine rings is 1. The number of piperazine rings is 1. The number of nitrogens with zero attached hydrogens (tertiary/aromatic N) is 5. The molecule has 2 aromatic heterocycles. The van der Waals surface area contributed by atoms with Crippen LogP contribution in [0, 0.1) is 0 Å². The fraction of sp³-hybridized carbons (Fsp3) is 0.360. The van der Waals surface area contributed by atoms with Crippen LogP contribution in [0.25, 0.3) is 11.1 Å². The highest BCUT2D eigenvalue weighted by molar-refractivity contribution is 7.90. The molecule has 10 nitrogen and oxygen atoms in total. The first-order valence-corrected chi connectivity index (χ1v) is 14.0. The molecule has 1 saturated heterocycles. The third kappa shape index (κ3) is 8.51. The second-order valence-corrected chi connectivity index (χ2v) is 11.3. The van der Waals surface area contributed by atoms with E-state index in [1.807, 2.05) is 4.90 Å². The second kappa shape index (κ2) is 12.1. The molecule has 0 bridgehead atoms. The number of sulfonamides is 1. The van der Waals surface area contributed by atoms with Gasteiger partial charge in [0.05, 0.1) is 23.9 Å². The number of carbonyl (C=O) groups excluding carboxylic acids is 1. The molecule has 1 fully saturated rings. The average Bonchev–Trinajstić information content (AvgIpc) is 2.91. The molecule has 0 radical (unpaired) electrons. The summed E-state index contributed by atoms with van der Waals surface area (Å²) in [6.07, 6.45) is -8.36. The molecule has 0 aliphatic carbocycles. The number of hydrogen-bond acceptors (Lipinski definition) is 9. The van der Waals surface area contributed by atoms with Gasteiger partial charge >= 0.3 is 12.4 Å². The molecule has 1 aliphatic heterocycles. The van der Waals surface area contributed by atoms with Gasteiger partial charge in [-0.2, -0.15) is 26.3 Å². The van der Waals surface area contributed by atoms with E-state index in [4.69, 9.17) is 0 Å². The van der Waals surface area contributed by atoms with Gasteiger partial charge in [0.15, 0.2) is 11.5 Å². The van der Waals surface area contributed by atoms with Crippen LogP contribution in [0.5, 0.6) is 5.75 Å². The summed E-state index contributed by atoms with van der Waals surface area (Å²) in [5.74, 6) is -2.36. The topological polar surface area (TPSA) is 129 Å². The molecule has 1 aliphatic rings. The fourth-order valence-electron chi connectivity index (χ4n) is 4.20. The largest absolute Gasteiger partial charge is 0.506 e. The van der Waals surface area contributed by atoms with Gasteiger partial charge in [-0.1, -0.05) is 0 Å². The predicted octanol–water partition coefficient (Wildman–Crippen LogP) is 3.60. The molecule has 0 unspecified atom stereocenters. The van der Waals surface area contributed by atoms with Gasteiger partial charge in [0.25, 0.3) is 5.91 Å². The SMILES string of the molecule is O=C(NS(=O)(=O)CCC(F)(F)F)c1ccc(N2CCN(Cc3cc(-c4cncc(O)c4)cc(C(F)(F)F)c3)CC2)nn1. The van der Waals surface area contributed by atoms with Gasteiger partial charge in [-0.15, -0.1) is 10.2 Å². The van der Waals surface area contributed by atoms with Gasteiger partial charge in [0.2, 0.25) is 10.0 Å². The number of hydrogen-bond donors (Lipinski definition) is 2. The van der Waals surface area contributed by atoms with Gasteiger partial charge in [-0.05, 0) is 47.5 Å². The maximum absolute atomic E-state index is 13.6. The molecule has 0 spiro atoms. The quantitative estimate of drug-likeness (QED) is 0.364. The Morgan fingerprint density at radius 2 is 1.64 bits per heavy atom. The Kier molecular flexibility index (Phi) is 8.91. The summed E-state index contributed by atoms with van der Waals surface area (Å²) in [6, 6.07) is 7.60. The molecule has 2 N–H and O–H groups in total. The van der Waals surface area contributed by atoms with Gasteiger partial charge in [-0.25, -0.2) is 13.1 Å². The summed E-state index contributed by atoms with van der Waals surface area (Å²) in [7, 11) is -4.54. The predicted molar refractivity (Wildman–Crippen MR) is 138 cm³/mol. The molecular weight excluding hydrogens is 594 g/mol. The summed E-state index contributed by atoms with van der Waals surface area (Å²) in [4.78, 5) is 19.7. The van der Waals surface area contributed by atoms with Crippen molar-refractivity contribution in [1.82, 2.24) is 24.8 Å². The van der Waals surface area contributed by atoms with Crippen LogP contribution in [-0.4, -0.2) is 77.6 Å². The van der Waals surface area contributed by atoms with Crippen molar-refractivity contribution in [2.45, 2.75) is 25.3 Å². The van der Waals surface area contributed by atoms with E-state index < -0.39 is 51.7 Å². The van der Waals surface area contributed by atoms with E-state index in [2.05, 4.69) is 15.2 Å². The number of benzene rings is 1. The summed E-state index contributed by atoms with van der Waals surface area (Å²) < 4.78 is 103. The number of aromatic nitrogens is 3. The molecule has 0 saturated carbocycles. The third-order valence-electron chi connectivity index (χ3n) is 6.27. The molecule has 4 rings (SSSR count). The van der Waals surface area contributed by atoms with Crippen LogP contribution >= 0.6 is 0 Å². The number of carbonyl (C=O) groups is 1. The number of nitrogens with one attached hydrogen (secondary N) is 1. The van der Waals surface area contributed by atoms with Crippen LogP contribution in [0.1, 0.15) is 28.0 Å². The van der Waals surface area contributed by atoms with Crippen molar-refractivity contribution >= 4 is 21.7 Å². The molecular formula is C25H24F6N6O4S. The molecule has 1 aromatic carbocycles. The lowest BCUT2D eigenvalue weighted by molar-refractivity contribution is -0.137. The Bertz CT molecular complexity index is 1530. The second-order valence-electron chi connectivity index (χ2n) is 9.50. The highest BCUT2D eigenvalue weighted by Crippen LogP contribution is 2.34. The van der Waals surface area contributed by atoms with E-state index in [-0.39, 0.29) is 17.9 Å². The lowest BCUT2D eigenvalue weighted by atomic mass is 10.00. The molecule has 0 atom stereocenters. The first-order valence-electron chi connectivity index (χ1n) is 12.4. The smallest absolute Gasteiger partial charge is 0.416 e. The Labute approximate surface area is 236 Å². The van der Waals surface area contributed by atoms with Crippen LogP contribution in [0.2, 0.25) is 0 Å². The lowest BCUT2D eigenvalue weighted by Gasteiger charge is -2.35. The minimum absolute atomic E-state index is 0.176. The van der Waals surface area contributed by atoms with Crippen molar-refractivity contribution in [3.8, 4) is 16.9 Å². The Morgan fingerprint density at radius 1 is 0.929 bits per heavy atom. The molecule has 3 aromatic rings. The molecule has 17 heteroatoms. The van der Waals surface area contributed by atoms with Crippen molar-refractivity contribution in [1.29, 1.82) is 0 Å². The third-order valence-corrected chi connectivity index (χ3v) is 7.50. The van der Waals surface area contributed by atoms with E-state index in [0.29, 0.717) is 43.1 Å². The summed E-state index contributed by atoms with van der Waals surface area (Å²) >= 11 is 0. The molecule has 42 heavy (non-hydrogen) atoms. The minimum atomic E-state index is -4.70. The number of aromatic hydroxyl groups is 1. The standard InChI is InChI=1S/C25H24F6N6O4S/c26-24(27,28)3-8-42(40,41)35-23(39)21-1-2-22(34-33-21)37-6-4-36(5-7-37)15-16-9-17(11-19(10-16)25(29,30)31)18-12-20(38)14-32-13-18/h1-2,9-14,38H,3-8,15H2,(H,35,39). The monoisotopic (exact) mass is 618 g/mol. The normalized spacial score (nSPS) is 15.0. The number of anilines is 1. The van der Waals surface area contributed by atoms with Crippen LogP contribution in [0.15, 0.2) is 48.8 Å². The van der Waals surface area contributed by atoms with Gasteiger partial charge in [-0.3, -0.25) is 14.7 Å². The Balaban J connectivity index is 1.37. The van der Waals surface area contributed by atoms with Gasteiger partial charge < -0.3 is 10.0 Å². The van der Waals surface area contributed by atoms with Crippen molar-refractivity contribution < 1.29 is 44.7 Å². The highest BCUT2D eigenvalue weighted by Gasteiger charge is 2.32.